The number of amidine groups is 1. The van der Waals surface area contributed by atoms with Crippen molar-refractivity contribution in [2.24, 2.45) is 5.73 Å². The van der Waals surface area contributed by atoms with Gasteiger partial charge in [-0.25, -0.2) is 0 Å². The van der Waals surface area contributed by atoms with Gasteiger partial charge in [0.25, 0.3) is 5.91 Å². The third kappa shape index (κ3) is 4.62. The Kier molecular flexibility index (Phi) is 6.03. The van der Waals surface area contributed by atoms with Crippen LogP contribution in [-0.2, 0) is 6.54 Å². The number of hydrogen-bond donors (Lipinski definition) is 3. The van der Waals surface area contributed by atoms with E-state index >= 15 is 0 Å². The van der Waals surface area contributed by atoms with Crippen molar-refractivity contribution < 1.29 is 9.53 Å². The van der Waals surface area contributed by atoms with Gasteiger partial charge in [-0.2, -0.15) is 0 Å². The summed E-state index contributed by atoms with van der Waals surface area (Å²) in [7, 11) is 0. The Balaban J connectivity index is 1.64. The second kappa shape index (κ2) is 8.64. The van der Waals surface area contributed by atoms with Gasteiger partial charge in [-0.15, -0.1) is 0 Å². The molecule has 1 heterocycles. The van der Waals surface area contributed by atoms with E-state index in [0.29, 0.717) is 25.3 Å². The van der Waals surface area contributed by atoms with Crippen LogP contribution in [0.3, 0.4) is 0 Å². The molecule has 3 rings (SSSR count). The molecule has 0 saturated carbocycles. The van der Waals surface area contributed by atoms with Gasteiger partial charge in [-0.05, 0) is 37.3 Å². The van der Waals surface area contributed by atoms with Crippen molar-refractivity contribution >= 4 is 33.7 Å². The topological polar surface area (TPSA) is 93.1 Å². The maximum atomic E-state index is 12.3. The van der Waals surface area contributed by atoms with Gasteiger partial charge in [-0.3, -0.25) is 10.2 Å². The summed E-state index contributed by atoms with van der Waals surface area (Å²) in [6.45, 7) is 3.64. The Hall–Kier alpha value is -2.93. The Bertz CT molecular complexity index is 950. The summed E-state index contributed by atoms with van der Waals surface area (Å²) in [5.41, 5.74) is 7.18. The number of carbonyl (C=O) groups excluding carboxylic acids is 1. The number of nitrogens with zero attached hydrogens (tertiary/aromatic N) is 1. The lowest BCUT2D eigenvalue weighted by Gasteiger charge is -2.08. The largest absolute Gasteiger partial charge is 0.494 e. The molecule has 0 fully saturated rings. The summed E-state index contributed by atoms with van der Waals surface area (Å²) >= 11 is 1.23. The minimum atomic E-state index is -0.118. The lowest BCUT2D eigenvalue weighted by Crippen LogP contribution is -2.27. The SMILES string of the molecule is CCOc1ccc(C(=O)NCCn2cc(SC(=N)N)c3ccccc32)cc1. The fourth-order valence-electron chi connectivity index (χ4n) is 2.86. The highest BCUT2D eigenvalue weighted by molar-refractivity contribution is 8.13. The smallest absolute Gasteiger partial charge is 0.251 e. The van der Waals surface area contributed by atoms with Gasteiger partial charge in [0.2, 0.25) is 0 Å². The number of carbonyl (C=O) groups is 1. The number of amides is 1. The number of para-hydroxylation sites is 1. The predicted octanol–water partition coefficient (Wildman–Crippen LogP) is 3.46. The molecule has 0 aliphatic rings. The highest BCUT2D eigenvalue weighted by Crippen LogP contribution is 2.29. The first-order chi connectivity index (χ1) is 13.1. The number of hydrogen-bond acceptors (Lipinski definition) is 4. The number of rotatable bonds is 7. The summed E-state index contributed by atoms with van der Waals surface area (Å²) in [6.07, 6.45) is 1.97. The molecule has 0 aliphatic heterocycles. The molecule has 140 valence electrons. The van der Waals surface area contributed by atoms with Crippen molar-refractivity contribution in [3.05, 3.63) is 60.3 Å². The van der Waals surface area contributed by atoms with Gasteiger partial charge in [0.1, 0.15) is 5.75 Å². The van der Waals surface area contributed by atoms with Crippen molar-refractivity contribution in [1.82, 2.24) is 9.88 Å². The molecule has 27 heavy (non-hydrogen) atoms. The zero-order valence-electron chi connectivity index (χ0n) is 15.1. The Morgan fingerprint density at radius 2 is 1.96 bits per heavy atom. The number of nitrogens with one attached hydrogen (secondary N) is 2. The molecule has 4 N–H and O–H groups in total. The zero-order chi connectivity index (χ0) is 19.2. The van der Waals surface area contributed by atoms with Gasteiger partial charge >= 0.3 is 0 Å². The van der Waals surface area contributed by atoms with Crippen LogP contribution in [0.2, 0.25) is 0 Å². The zero-order valence-corrected chi connectivity index (χ0v) is 15.9. The van der Waals surface area contributed by atoms with Crippen molar-refractivity contribution in [2.75, 3.05) is 13.2 Å². The third-order valence-corrected chi connectivity index (χ3v) is 4.80. The van der Waals surface area contributed by atoms with E-state index in [0.717, 1.165) is 21.5 Å². The fourth-order valence-corrected chi connectivity index (χ4v) is 3.56. The maximum Gasteiger partial charge on any atom is 0.251 e. The average Bonchev–Trinajstić information content (AvgIpc) is 3.00. The van der Waals surface area contributed by atoms with Crippen LogP contribution in [-0.4, -0.2) is 28.8 Å². The van der Waals surface area contributed by atoms with Gasteiger partial charge in [-0.1, -0.05) is 30.0 Å². The molecule has 0 unspecified atom stereocenters. The van der Waals surface area contributed by atoms with Crippen LogP contribution in [0.15, 0.2) is 59.6 Å². The van der Waals surface area contributed by atoms with Crippen LogP contribution in [0.1, 0.15) is 17.3 Å². The number of nitrogens with two attached hydrogens (primary N) is 1. The number of ether oxygens (including phenoxy) is 1. The highest BCUT2D eigenvalue weighted by Gasteiger charge is 2.10. The van der Waals surface area contributed by atoms with E-state index in [-0.39, 0.29) is 11.1 Å². The highest BCUT2D eigenvalue weighted by atomic mass is 32.2. The summed E-state index contributed by atoms with van der Waals surface area (Å²) in [5, 5.41) is 11.6. The molecule has 0 bridgehead atoms. The molecule has 2 aromatic carbocycles. The van der Waals surface area contributed by atoms with Crippen LogP contribution in [0.5, 0.6) is 5.75 Å². The first kappa shape index (κ1) is 18.8. The first-order valence-electron chi connectivity index (χ1n) is 8.69. The maximum absolute atomic E-state index is 12.3. The number of aromatic nitrogens is 1. The molecule has 1 aromatic heterocycles. The quantitative estimate of drug-likeness (QED) is 0.331. The van der Waals surface area contributed by atoms with Crippen LogP contribution >= 0.6 is 11.8 Å². The molecular weight excluding hydrogens is 360 g/mol. The standard InChI is InChI=1S/C20H22N4O2S/c1-2-26-15-9-7-14(8-10-15)19(25)23-11-12-24-13-18(27-20(21)22)16-5-3-4-6-17(16)24/h3-10,13H,2,11-12H2,1H3,(H3,21,22)(H,23,25). The minimum Gasteiger partial charge on any atom is -0.494 e. The minimum absolute atomic E-state index is 0.0571. The van der Waals surface area contributed by atoms with E-state index in [1.54, 1.807) is 24.3 Å². The molecular formula is C20H22N4O2S. The lowest BCUT2D eigenvalue weighted by atomic mass is 10.2. The van der Waals surface area contributed by atoms with Gasteiger partial charge < -0.3 is 20.4 Å². The third-order valence-electron chi connectivity index (χ3n) is 4.04. The Labute approximate surface area is 162 Å². The van der Waals surface area contributed by atoms with Gasteiger partial charge in [0, 0.05) is 40.6 Å². The van der Waals surface area contributed by atoms with E-state index in [9.17, 15) is 4.79 Å². The predicted molar refractivity (Wildman–Crippen MR) is 110 cm³/mol. The second-order valence-electron chi connectivity index (χ2n) is 5.88. The lowest BCUT2D eigenvalue weighted by molar-refractivity contribution is 0.0952. The Morgan fingerprint density at radius 1 is 1.22 bits per heavy atom. The number of thioether (sulfide) groups is 1. The Morgan fingerprint density at radius 3 is 2.67 bits per heavy atom. The molecule has 1 amide bonds. The molecule has 3 aromatic rings. The van der Waals surface area contributed by atoms with E-state index in [1.807, 2.05) is 37.4 Å². The van der Waals surface area contributed by atoms with Crippen molar-refractivity contribution in [3.8, 4) is 5.75 Å². The normalized spacial score (nSPS) is 10.7. The summed E-state index contributed by atoms with van der Waals surface area (Å²) < 4.78 is 7.46. The molecule has 0 spiro atoms. The first-order valence-corrected chi connectivity index (χ1v) is 9.51. The summed E-state index contributed by atoms with van der Waals surface area (Å²) in [5.74, 6) is 0.635. The molecule has 6 nitrogen and oxygen atoms in total. The summed E-state index contributed by atoms with van der Waals surface area (Å²) in [6, 6.07) is 15.1. The molecule has 0 aliphatic carbocycles. The molecule has 7 heteroatoms. The second-order valence-corrected chi connectivity index (χ2v) is 6.97. The average molecular weight is 382 g/mol. The van der Waals surface area contributed by atoms with Crippen LogP contribution < -0.4 is 15.8 Å². The van der Waals surface area contributed by atoms with E-state index in [2.05, 4.69) is 9.88 Å². The van der Waals surface area contributed by atoms with Gasteiger partial charge in [0.05, 0.1) is 6.61 Å². The fraction of sp³-hybridized carbons (Fsp3) is 0.200. The molecule has 0 saturated heterocycles. The molecule has 0 radical (unpaired) electrons. The van der Waals surface area contributed by atoms with Crippen molar-refractivity contribution in [2.45, 2.75) is 18.4 Å². The van der Waals surface area contributed by atoms with Crippen LogP contribution in [0.25, 0.3) is 10.9 Å². The molecule has 0 atom stereocenters. The van der Waals surface area contributed by atoms with Crippen molar-refractivity contribution in [3.63, 3.8) is 0 Å². The monoisotopic (exact) mass is 382 g/mol. The van der Waals surface area contributed by atoms with E-state index in [1.165, 1.54) is 11.8 Å². The van der Waals surface area contributed by atoms with Gasteiger partial charge in [0.15, 0.2) is 5.17 Å². The van der Waals surface area contributed by atoms with Crippen LogP contribution in [0.4, 0.5) is 0 Å². The van der Waals surface area contributed by atoms with E-state index in [4.69, 9.17) is 15.9 Å². The number of fused-ring (bicyclic) bond motifs is 1. The van der Waals surface area contributed by atoms with Crippen molar-refractivity contribution in [1.29, 1.82) is 5.41 Å². The summed E-state index contributed by atoms with van der Waals surface area (Å²) in [4.78, 5) is 13.2. The van der Waals surface area contributed by atoms with E-state index < -0.39 is 0 Å². The van der Waals surface area contributed by atoms with Crippen LogP contribution in [0, 0.1) is 5.41 Å². The number of benzene rings is 2.